The van der Waals surface area contributed by atoms with E-state index in [1.54, 1.807) is 18.2 Å². The van der Waals surface area contributed by atoms with E-state index < -0.39 is 23.4 Å². The average molecular weight is 463 g/mol. The van der Waals surface area contributed by atoms with Gasteiger partial charge in [0.2, 0.25) is 11.8 Å². The Morgan fingerprint density at radius 1 is 1.03 bits per heavy atom. The van der Waals surface area contributed by atoms with E-state index in [2.05, 4.69) is 10.2 Å². The molecule has 0 unspecified atom stereocenters. The van der Waals surface area contributed by atoms with Crippen LogP contribution in [0.5, 0.6) is 0 Å². The first-order valence-electron chi connectivity index (χ1n) is 10.4. The van der Waals surface area contributed by atoms with E-state index in [4.69, 9.17) is 17.3 Å². The number of nitrogens with one attached hydrogen (secondary N) is 1. The molecular weight excluding hydrogens is 435 g/mol. The summed E-state index contributed by atoms with van der Waals surface area (Å²) >= 11 is 6.14. The first-order chi connectivity index (χ1) is 15.3. The molecular formula is C23H28ClFN4O3. The Morgan fingerprint density at radius 2 is 1.72 bits per heavy atom. The summed E-state index contributed by atoms with van der Waals surface area (Å²) in [4.78, 5) is 41.3. The van der Waals surface area contributed by atoms with Gasteiger partial charge in [-0.25, -0.2) is 4.39 Å². The number of hydrogen-bond acceptors (Lipinski definition) is 5. The normalized spacial score (nSPS) is 10.8. The highest BCUT2D eigenvalue weighted by molar-refractivity contribution is 6.31. The number of halogens is 2. The number of amides is 2. The van der Waals surface area contributed by atoms with E-state index in [-0.39, 0.29) is 35.8 Å². The number of nitrogens with zero attached hydrogens (tertiary/aromatic N) is 2. The van der Waals surface area contributed by atoms with Crippen molar-refractivity contribution < 1.29 is 18.8 Å². The molecule has 2 aromatic carbocycles. The molecule has 0 bridgehead atoms. The van der Waals surface area contributed by atoms with Crippen LogP contribution in [-0.4, -0.2) is 61.8 Å². The molecule has 0 aliphatic heterocycles. The van der Waals surface area contributed by atoms with Gasteiger partial charge in [0.1, 0.15) is 5.82 Å². The Morgan fingerprint density at radius 3 is 2.34 bits per heavy atom. The second-order valence-electron chi connectivity index (χ2n) is 7.02. The molecule has 7 nitrogen and oxygen atoms in total. The van der Waals surface area contributed by atoms with Crippen molar-refractivity contribution in [3.63, 3.8) is 0 Å². The van der Waals surface area contributed by atoms with Crippen LogP contribution < -0.4 is 16.0 Å². The van der Waals surface area contributed by atoms with E-state index in [9.17, 15) is 18.8 Å². The summed E-state index contributed by atoms with van der Waals surface area (Å²) < 4.78 is 14.3. The van der Waals surface area contributed by atoms with Gasteiger partial charge in [-0.15, -0.1) is 0 Å². The lowest BCUT2D eigenvalue weighted by Gasteiger charge is -2.28. The fourth-order valence-electron chi connectivity index (χ4n) is 3.22. The van der Waals surface area contributed by atoms with E-state index in [0.717, 1.165) is 13.1 Å². The summed E-state index contributed by atoms with van der Waals surface area (Å²) in [5.41, 5.74) is 5.57. The Bertz CT molecular complexity index is 966. The van der Waals surface area contributed by atoms with Crippen LogP contribution in [0.25, 0.3) is 0 Å². The molecule has 0 spiro atoms. The number of nitrogens with two attached hydrogens (primary N) is 1. The van der Waals surface area contributed by atoms with E-state index in [1.165, 1.54) is 29.2 Å². The summed E-state index contributed by atoms with van der Waals surface area (Å²) in [5, 5.41) is 2.74. The molecule has 0 aliphatic carbocycles. The largest absolute Gasteiger partial charge is 0.346 e. The van der Waals surface area contributed by atoms with Gasteiger partial charge in [-0.05, 0) is 43.4 Å². The van der Waals surface area contributed by atoms with E-state index >= 15 is 0 Å². The van der Waals surface area contributed by atoms with Crippen molar-refractivity contribution in [3.05, 3.63) is 64.4 Å². The molecule has 0 radical (unpaired) electrons. The topological polar surface area (TPSA) is 95.7 Å². The zero-order chi connectivity index (χ0) is 23.7. The first-order valence-corrected chi connectivity index (χ1v) is 10.8. The molecule has 2 aromatic rings. The third kappa shape index (κ3) is 6.59. The number of carbonyl (C=O) groups excluding carboxylic acids is 3. The van der Waals surface area contributed by atoms with Crippen LogP contribution in [0.2, 0.25) is 5.02 Å². The maximum atomic E-state index is 14.3. The minimum absolute atomic E-state index is 0.0978. The maximum Gasteiger partial charge on any atom is 0.246 e. The van der Waals surface area contributed by atoms with Crippen molar-refractivity contribution in [3.8, 4) is 0 Å². The van der Waals surface area contributed by atoms with Crippen LogP contribution >= 0.6 is 11.6 Å². The summed E-state index contributed by atoms with van der Waals surface area (Å²) in [6.45, 7) is 5.85. The van der Waals surface area contributed by atoms with Crippen LogP contribution in [0.1, 0.15) is 29.8 Å². The molecule has 172 valence electrons. The smallest absolute Gasteiger partial charge is 0.246 e. The molecule has 0 atom stereocenters. The Hall–Kier alpha value is -2.81. The van der Waals surface area contributed by atoms with Gasteiger partial charge < -0.3 is 20.9 Å². The average Bonchev–Trinajstić information content (AvgIpc) is 2.80. The van der Waals surface area contributed by atoms with Gasteiger partial charge in [0.15, 0.2) is 5.78 Å². The summed E-state index contributed by atoms with van der Waals surface area (Å²) in [6.07, 6.45) is 0. The van der Waals surface area contributed by atoms with Crippen LogP contribution in [-0.2, 0) is 9.59 Å². The highest BCUT2D eigenvalue weighted by Crippen LogP contribution is 2.28. The number of ketones is 1. The molecule has 2 amide bonds. The number of carbonyl (C=O) groups is 3. The van der Waals surface area contributed by atoms with Gasteiger partial charge >= 0.3 is 0 Å². The minimum Gasteiger partial charge on any atom is -0.346 e. The summed E-state index contributed by atoms with van der Waals surface area (Å²) in [7, 11) is 0. The van der Waals surface area contributed by atoms with E-state index in [0.29, 0.717) is 12.2 Å². The predicted molar refractivity (Wildman–Crippen MR) is 123 cm³/mol. The van der Waals surface area contributed by atoms with Crippen molar-refractivity contribution in [1.82, 2.24) is 10.2 Å². The number of rotatable bonds is 11. The van der Waals surface area contributed by atoms with Crippen molar-refractivity contribution >= 4 is 34.9 Å². The molecule has 9 heteroatoms. The van der Waals surface area contributed by atoms with E-state index in [1.807, 2.05) is 13.8 Å². The van der Waals surface area contributed by atoms with Crippen LogP contribution in [0, 0.1) is 5.82 Å². The molecule has 32 heavy (non-hydrogen) atoms. The zero-order valence-electron chi connectivity index (χ0n) is 18.2. The van der Waals surface area contributed by atoms with Gasteiger partial charge in [0, 0.05) is 23.7 Å². The Labute approximate surface area is 192 Å². The fraction of sp³-hybridized carbons (Fsp3) is 0.348. The number of benzene rings is 2. The SMILES string of the molecule is CCN(CC)CCN(C(=O)CNC(=O)CN)c1ccc(Cl)cc1C(=O)c1ccccc1F. The predicted octanol–water partition coefficient (Wildman–Crippen LogP) is 2.46. The van der Waals surface area contributed by atoms with Gasteiger partial charge in [-0.3, -0.25) is 14.4 Å². The molecule has 0 fully saturated rings. The second-order valence-corrected chi connectivity index (χ2v) is 7.46. The number of hydrogen-bond donors (Lipinski definition) is 2. The number of anilines is 1. The maximum absolute atomic E-state index is 14.3. The third-order valence-electron chi connectivity index (χ3n) is 5.07. The van der Waals surface area contributed by atoms with Crippen LogP contribution in [0.4, 0.5) is 10.1 Å². The van der Waals surface area contributed by atoms with Crippen LogP contribution in [0.15, 0.2) is 42.5 Å². The summed E-state index contributed by atoms with van der Waals surface area (Å²) in [5.74, 6) is -2.16. The lowest BCUT2D eigenvalue weighted by molar-refractivity contribution is -0.124. The highest BCUT2D eigenvalue weighted by atomic mass is 35.5. The molecule has 0 heterocycles. The molecule has 0 aromatic heterocycles. The molecule has 0 aliphatic rings. The van der Waals surface area contributed by atoms with Gasteiger partial charge in [-0.2, -0.15) is 0 Å². The quantitative estimate of drug-likeness (QED) is 0.500. The van der Waals surface area contributed by atoms with Crippen molar-refractivity contribution in [2.75, 3.05) is 44.2 Å². The standard InChI is InChI=1S/C23H28ClFN4O3/c1-3-28(4-2)11-12-29(22(31)15-27-21(30)14-26)20-10-9-16(24)13-18(20)23(32)17-7-5-6-8-19(17)25/h5-10,13H,3-4,11-12,14-15,26H2,1-2H3,(H,27,30). The monoisotopic (exact) mass is 462 g/mol. The molecule has 0 saturated heterocycles. The van der Waals surface area contributed by atoms with Crippen molar-refractivity contribution in [2.45, 2.75) is 13.8 Å². The summed E-state index contributed by atoms with van der Waals surface area (Å²) in [6, 6.07) is 10.2. The Kier molecular flexibility index (Phi) is 9.77. The molecule has 0 saturated carbocycles. The number of likely N-dealkylation sites (N-methyl/N-ethyl adjacent to an activating group) is 1. The minimum atomic E-state index is -0.667. The highest BCUT2D eigenvalue weighted by Gasteiger charge is 2.25. The lowest BCUT2D eigenvalue weighted by atomic mass is 10.00. The Balaban J connectivity index is 2.47. The van der Waals surface area contributed by atoms with Crippen molar-refractivity contribution in [1.29, 1.82) is 0 Å². The lowest BCUT2D eigenvalue weighted by Crippen LogP contribution is -2.45. The van der Waals surface area contributed by atoms with Crippen LogP contribution in [0.3, 0.4) is 0 Å². The fourth-order valence-corrected chi connectivity index (χ4v) is 3.39. The molecule has 2 rings (SSSR count). The first kappa shape index (κ1) is 25.5. The zero-order valence-corrected chi connectivity index (χ0v) is 19.0. The second kappa shape index (κ2) is 12.3. The van der Waals surface area contributed by atoms with Gasteiger partial charge in [0.25, 0.3) is 0 Å². The van der Waals surface area contributed by atoms with Gasteiger partial charge in [0.05, 0.1) is 24.3 Å². The third-order valence-corrected chi connectivity index (χ3v) is 5.31. The van der Waals surface area contributed by atoms with Crippen molar-refractivity contribution in [2.24, 2.45) is 5.73 Å². The van der Waals surface area contributed by atoms with Gasteiger partial charge in [-0.1, -0.05) is 37.6 Å². The molecule has 3 N–H and O–H groups in total.